The van der Waals surface area contributed by atoms with Crippen molar-refractivity contribution < 1.29 is 19.3 Å². The van der Waals surface area contributed by atoms with E-state index in [1.54, 1.807) is 23.1 Å². The summed E-state index contributed by atoms with van der Waals surface area (Å²) in [6, 6.07) is 3.72. The first-order chi connectivity index (χ1) is 15.6. The summed E-state index contributed by atoms with van der Waals surface area (Å²) < 4.78 is 0. The number of carbonyl (C=O) groups excluding carboxylic acids is 2. The van der Waals surface area contributed by atoms with Gasteiger partial charge in [0, 0.05) is 76.2 Å². The number of hydrogen-bond donors (Lipinski definition) is 0. The van der Waals surface area contributed by atoms with Crippen molar-refractivity contribution >= 4 is 23.3 Å². The Balaban J connectivity index is 1.36. The molecule has 0 radical (unpaired) electrons. The van der Waals surface area contributed by atoms with Gasteiger partial charge in [-0.05, 0) is 39.7 Å². The van der Waals surface area contributed by atoms with E-state index in [0.29, 0.717) is 25.7 Å². The molecule has 1 aromatic rings. The lowest BCUT2D eigenvalue weighted by molar-refractivity contribution is -0.385. The average Bonchev–Trinajstić information content (AvgIpc) is 3.07. The zero-order chi connectivity index (χ0) is 23.9. The summed E-state index contributed by atoms with van der Waals surface area (Å²) in [7, 11) is 1.68. The number of hydroxylamine groups is 2. The Morgan fingerprint density at radius 3 is 2.30 bits per heavy atom. The molecule has 0 atom stereocenters. The first-order valence-electron chi connectivity index (χ1n) is 11.6. The van der Waals surface area contributed by atoms with Crippen molar-refractivity contribution in [2.45, 2.75) is 46.2 Å². The minimum Gasteiger partial charge on any atom is -0.371 e. The number of piperidine rings is 1. The van der Waals surface area contributed by atoms with Crippen molar-refractivity contribution in [3.8, 4) is 0 Å². The summed E-state index contributed by atoms with van der Waals surface area (Å²) in [5, 5.41) is 13.2. The van der Waals surface area contributed by atoms with Gasteiger partial charge in [-0.1, -0.05) is 0 Å². The molecule has 0 N–H and O–H groups in total. The Morgan fingerprint density at radius 2 is 1.73 bits per heavy atom. The van der Waals surface area contributed by atoms with Crippen molar-refractivity contribution in [3.05, 3.63) is 33.4 Å². The van der Waals surface area contributed by atoms with Crippen LogP contribution >= 0.6 is 0 Å². The highest BCUT2D eigenvalue weighted by Crippen LogP contribution is 2.38. The molecule has 180 valence electrons. The van der Waals surface area contributed by atoms with Gasteiger partial charge in [0.15, 0.2) is 0 Å². The van der Waals surface area contributed by atoms with E-state index in [-0.39, 0.29) is 23.1 Å². The number of rotatable bonds is 4. The molecule has 0 aromatic heterocycles. The maximum Gasteiger partial charge on any atom is 0.330 e. The summed E-state index contributed by atoms with van der Waals surface area (Å²) in [5.74, 6) is -0.484. The lowest BCUT2D eigenvalue weighted by atomic mass is 9.98. The minimum atomic E-state index is -0.512. The number of amides is 1. The molecule has 0 bridgehead atoms. The van der Waals surface area contributed by atoms with Gasteiger partial charge in [0.1, 0.15) is 5.56 Å². The van der Waals surface area contributed by atoms with Crippen LogP contribution < -0.4 is 4.90 Å². The number of hydrogen-bond acceptors (Lipinski definition) is 8. The van der Waals surface area contributed by atoms with E-state index in [1.807, 2.05) is 20.8 Å². The lowest BCUT2D eigenvalue weighted by Crippen LogP contribution is -2.53. The van der Waals surface area contributed by atoms with Crippen LogP contribution in [-0.2, 0) is 16.2 Å². The smallest absolute Gasteiger partial charge is 0.330 e. The van der Waals surface area contributed by atoms with Crippen LogP contribution in [0.3, 0.4) is 0 Å². The van der Waals surface area contributed by atoms with Crippen LogP contribution in [0.1, 0.15) is 49.5 Å². The molecule has 3 heterocycles. The van der Waals surface area contributed by atoms with E-state index in [2.05, 4.69) is 9.80 Å². The quantitative estimate of drug-likeness (QED) is 0.499. The van der Waals surface area contributed by atoms with Crippen LogP contribution in [0.25, 0.3) is 0 Å². The molecule has 10 nitrogen and oxygen atoms in total. The number of nitro groups is 1. The highest BCUT2D eigenvalue weighted by Gasteiger charge is 2.37. The molecule has 0 spiro atoms. The van der Waals surface area contributed by atoms with Gasteiger partial charge in [0.2, 0.25) is 0 Å². The second-order valence-electron chi connectivity index (χ2n) is 10.2. The molecule has 2 fully saturated rings. The van der Waals surface area contributed by atoms with Crippen molar-refractivity contribution in [1.29, 1.82) is 0 Å². The van der Waals surface area contributed by atoms with Crippen molar-refractivity contribution in [2.75, 3.05) is 51.2 Å². The average molecular weight is 460 g/mol. The van der Waals surface area contributed by atoms with E-state index in [0.717, 1.165) is 50.3 Å². The first-order valence-corrected chi connectivity index (χ1v) is 11.6. The van der Waals surface area contributed by atoms with Crippen LogP contribution in [0.15, 0.2) is 12.1 Å². The Kier molecular flexibility index (Phi) is 6.32. The lowest BCUT2D eigenvalue weighted by Gasteiger charge is -2.43. The molecule has 0 saturated carbocycles. The molecular formula is C23H33N5O5. The molecular weight excluding hydrogens is 426 g/mol. The normalized spacial score (nSPS) is 20.8. The molecule has 10 heteroatoms. The molecule has 2 saturated heterocycles. The van der Waals surface area contributed by atoms with Gasteiger partial charge in [-0.25, -0.2) is 4.79 Å². The largest absolute Gasteiger partial charge is 0.371 e. The fourth-order valence-corrected chi connectivity index (χ4v) is 4.86. The Hall–Kier alpha value is -2.72. The number of anilines is 1. The third-order valence-electron chi connectivity index (χ3n) is 6.84. The zero-order valence-corrected chi connectivity index (χ0v) is 19.9. The maximum absolute atomic E-state index is 12.5. The first kappa shape index (κ1) is 23.4. The minimum absolute atomic E-state index is 0.108. The number of carbonyl (C=O) groups is 2. The van der Waals surface area contributed by atoms with E-state index in [4.69, 9.17) is 4.84 Å². The number of fused-ring (bicyclic) bond motifs is 1. The molecule has 33 heavy (non-hydrogen) atoms. The van der Waals surface area contributed by atoms with Gasteiger partial charge in [-0.15, -0.1) is 5.06 Å². The van der Waals surface area contributed by atoms with Gasteiger partial charge in [-0.3, -0.25) is 19.8 Å². The summed E-state index contributed by atoms with van der Waals surface area (Å²) in [6.45, 7) is 10.8. The summed E-state index contributed by atoms with van der Waals surface area (Å²) in [6.07, 6.45) is 1.97. The van der Waals surface area contributed by atoms with E-state index in [9.17, 15) is 19.7 Å². The molecule has 0 aliphatic carbocycles. The van der Waals surface area contributed by atoms with Crippen LogP contribution in [-0.4, -0.2) is 84.0 Å². The van der Waals surface area contributed by atoms with Crippen LogP contribution in [0.5, 0.6) is 0 Å². The van der Waals surface area contributed by atoms with Crippen LogP contribution in [0, 0.1) is 15.5 Å². The number of nitro benzene ring substituents is 1. The van der Waals surface area contributed by atoms with E-state index < -0.39 is 10.3 Å². The van der Waals surface area contributed by atoms with Crippen molar-refractivity contribution in [3.63, 3.8) is 0 Å². The van der Waals surface area contributed by atoms with Crippen LogP contribution in [0.4, 0.5) is 11.4 Å². The standard InChI is InChI=1S/C23H33N5O5/c1-23(2,3)22(30)33-27-13-11-25(12-14-27)16-7-9-26(10-8-16)18-5-6-19(28(31)32)20-17(18)15-24(4)21(20)29/h5-6,16H,7-15H2,1-4H3. The fraction of sp³-hybridized carbons (Fsp3) is 0.652. The van der Waals surface area contributed by atoms with E-state index >= 15 is 0 Å². The second-order valence-corrected chi connectivity index (χ2v) is 10.2. The fourth-order valence-electron chi connectivity index (χ4n) is 4.86. The Morgan fingerprint density at radius 1 is 1.09 bits per heavy atom. The SMILES string of the molecule is CN1Cc2c(N3CCC(N4CCN(OC(=O)C(C)(C)C)CC4)CC3)ccc([N+](=O)[O-])c2C1=O. The van der Waals surface area contributed by atoms with Crippen molar-refractivity contribution in [2.24, 2.45) is 5.41 Å². The van der Waals surface area contributed by atoms with E-state index in [1.165, 1.54) is 6.07 Å². The van der Waals surface area contributed by atoms with Gasteiger partial charge < -0.3 is 14.6 Å². The number of benzene rings is 1. The molecule has 1 amide bonds. The Labute approximate surface area is 194 Å². The highest BCUT2D eigenvalue weighted by molar-refractivity contribution is 6.03. The summed E-state index contributed by atoms with van der Waals surface area (Å²) >= 11 is 0. The summed E-state index contributed by atoms with van der Waals surface area (Å²) in [5.41, 5.74) is 1.32. The van der Waals surface area contributed by atoms with Crippen LogP contribution in [0.2, 0.25) is 0 Å². The third kappa shape index (κ3) is 4.67. The molecule has 3 aliphatic rings. The third-order valence-corrected chi connectivity index (χ3v) is 6.84. The number of piperazine rings is 1. The van der Waals surface area contributed by atoms with Crippen molar-refractivity contribution in [1.82, 2.24) is 14.9 Å². The molecule has 4 rings (SSSR count). The predicted molar refractivity (Wildman–Crippen MR) is 123 cm³/mol. The topological polar surface area (TPSA) is 99.5 Å². The van der Waals surface area contributed by atoms with Gasteiger partial charge in [-0.2, -0.15) is 0 Å². The highest BCUT2D eigenvalue weighted by atomic mass is 16.7. The molecule has 0 unspecified atom stereocenters. The zero-order valence-electron chi connectivity index (χ0n) is 19.9. The number of nitrogens with zero attached hydrogens (tertiary/aromatic N) is 5. The van der Waals surface area contributed by atoms with Gasteiger partial charge in [0.25, 0.3) is 11.6 Å². The Bertz CT molecular complexity index is 943. The molecule has 3 aliphatic heterocycles. The summed E-state index contributed by atoms with van der Waals surface area (Å²) in [4.78, 5) is 47.4. The second kappa shape index (κ2) is 8.90. The van der Waals surface area contributed by atoms with Gasteiger partial charge >= 0.3 is 5.97 Å². The predicted octanol–water partition coefficient (Wildman–Crippen LogP) is 2.27. The monoisotopic (exact) mass is 459 g/mol. The molecule has 1 aromatic carbocycles. The van der Waals surface area contributed by atoms with Gasteiger partial charge in [0.05, 0.1) is 10.3 Å². The maximum atomic E-state index is 12.5.